The Morgan fingerprint density at radius 3 is 2.43 bits per heavy atom. The molecule has 1 heterocycles. The van der Waals surface area contributed by atoms with Gasteiger partial charge >= 0.3 is 12.1 Å². The lowest BCUT2D eigenvalue weighted by atomic mass is 10.2. The molecular weight excluding hydrogens is 329 g/mol. The molecule has 2 rings (SSSR count). The maximum Gasteiger partial charge on any atom is 0.435 e. The summed E-state index contributed by atoms with van der Waals surface area (Å²) in [7, 11) is 0. The van der Waals surface area contributed by atoms with E-state index in [1.165, 1.54) is 12.1 Å². The quantitative estimate of drug-likeness (QED) is 0.919. The van der Waals surface area contributed by atoms with Gasteiger partial charge in [-0.05, 0) is 30.3 Å². The number of nitrogens with zero attached hydrogens (tertiary/aromatic N) is 2. The zero-order chi connectivity index (χ0) is 15.6. The molecule has 0 bridgehead atoms. The smallest absolute Gasteiger partial charge is 0.435 e. The van der Waals surface area contributed by atoms with Gasteiger partial charge in [-0.15, -0.1) is 10.2 Å². The summed E-state index contributed by atoms with van der Waals surface area (Å²) >= 11 is 6.71. The van der Waals surface area contributed by atoms with Crippen molar-refractivity contribution in [2.75, 3.05) is 0 Å². The van der Waals surface area contributed by atoms with Gasteiger partial charge in [0, 0.05) is 4.90 Å². The van der Waals surface area contributed by atoms with Crippen LogP contribution in [0.2, 0.25) is 5.02 Å². The number of benzene rings is 1. The molecule has 0 atom stereocenters. The number of alkyl halides is 3. The van der Waals surface area contributed by atoms with Crippen molar-refractivity contribution in [2.45, 2.75) is 16.1 Å². The van der Waals surface area contributed by atoms with Crippen LogP contribution >= 0.6 is 23.4 Å². The minimum atomic E-state index is -4.55. The summed E-state index contributed by atoms with van der Waals surface area (Å²) < 4.78 is 37.0. The van der Waals surface area contributed by atoms with Crippen molar-refractivity contribution in [2.24, 2.45) is 0 Å². The molecule has 0 unspecified atom stereocenters. The van der Waals surface area contributed by atoms with E-state index in [0.717, 1.165) is 23.9 Å². The van der Waals surface area contributed by atoms with Crippen molar-refractivity contribution in [1.29, 1.82) is 0 Å². The van der Waals surface area contributed by atoms with Gasteiger partial charge in [-0.25, -0.2) is 4.79 Å². The number of carboxylic acids is 1. The normalized spacial score (nSPS) is 11.4. The van der Waals surface area contributed by atoms with Crippen LogP contribution in [0.25, 0.3) is 0 Å². The van der Waals surface area contributed by atoms with E-state index in [9.17, 15) is 18.0 Å². The summed E-state index contributed by atoms with van der Waals surface area (Å²) in [5.74, 6) is -1.19. The van der Waals surface area contributed by atoms with E-state index >= 15 is 0 Å². The van der Waals surface area contributed by atoms with E-state index in [4.69, 9.17) is 16.7 Å². The van der Waals surface area contributed by atoms with Gasteiger partial charge in [0.2, 0.25) is 0 Å². The molecule has 0 spiro atoms. The molecule has 2 aromatic rings. The van der Waals surface area contributed by atoms with Crippen LogP contribution in [0.5, 0.6) is 0 Å². The fourth-order valence-electron chi connectivity index (χ4n) is 1.38. The van der Waals surface area contributed by atoms with Gasteiger partial charge in [0.25, 0.3) is 0 Å². The molecule has 0 saturated carbocycles. The molecule has 0 saturated heterocycles. The van der Waals surface area contributed by atoms with Crippen molar-refractivity contribution in [3.63, 3.8) is 0 Å². The maximum absolute atomic E-state index is 12.3. The number of hydrogen-bond acceptors (Lipinski definition) is 4. The third kappa shape index (κ3) is 3.85. The second-order valence-electron chi connectivity index (χ2n) is 3.80. The third-order valence-corrected chi connectivity index (χ3v) is 3.57. The Balaban J connectivity index is 2.22. The molecule has 4 nitrogen and oxygen atoms in total. The van der Waals surface area contributed by atoms with Crippen LogP contribution in [0.15, 0.2) is 40.3 Å². The first-order chi connectivity index (χ1) is 9.77. The van der Waals surface area contributed by atoms with Crippen LogP contribution in [0.1, 0.15) is 16.1 Å². The van der Waals surface area contributed by atoms with Gasteiger partial charge < -0.3 is 5.11 Å². The van der Waals surface area contributed by atoms with Crippen molar-refractivity contribution >= 4 is 29.3 Å². The fraction of sp³-hybridized carbons (Fsp3) is 0.0833. The van der Waals surface area contributed by atoms with Crippen LogP contribution < -0.4 is 0 Å². The highest BCUT2D eigenvalue weighted by Crippen LogP contribution is 2.31. The topological polar surface area (TPSA) is 63.1 Å². The second kappa shape index (κ2) is 5.90. The van der Waals surface area contributed by atoms with Gasteiger partial charge in [0.05, 0.1) is 10.6 Å². The SMILES string of the molecule is O=C(O)c1cc(Sc2ccc(C(F)(F)F)nn2)ccc1Cl. The second-order valence-corrected chi connectivity index (χ2v) is 5.30. The Labute approximate surface area is 126 Å². The molecular formula is C12H6ClF3N2O2S. The minimum absolute atomic E-state index is 0.0744. The van der Waals surface area contributed by atoms with Crippen LogP contribution in [0.4, 0.5) is 13.2 Å². The van der Waals surface area contributed by atoms with Gasteiger partial charge in [0.15, 0.2) is 5.69 Å². The van der Waals surface area contributed by atoms with Crippen molar-refractivity contribution in [3.05, 3.63) is 46.6 Å². The highest BCUT2D eigenvalue weighted by atomic mass is 35.5. The van der Waals surface area contributed by atoms with E-state index in [1.807, 2.05) is 0 Å². The fourth-order valence-corrected chi connectivity index (χ4v) is 2.35. The Kier molecular flexibility index (Phi) is 4.38. The average Bonchev–Trinajstić information content (AvgIpc) is 2.40. The van der Waals surface area contributed by atoms with Gasteiger partial charge in [0.1, 0.15) is 5.03 Å². The van der Waals surface area contributed by atoms with E-state index in [1.54, 1.807) is 6.07 Å². The standard InChI is InChI=1S/C12H6ClF3N2O2S/c13-8-2-1-6(5-7(8)11(19)20)21-10-4-3-9(17-18-10)12(14,15)16/h1-5H,(H,19,20). The number of carboxylic acid groups (broad SMARTS) is 1. The number of aromatic nitrogens is 2. The van der Waals surface area contributed by atoms with Crippen LogP contribution in [-0.2, 0) is 6.18 Å². The lowest BCUT2D eigenvalue weighted by molar-refractivity contribution is -0.141. The van der Waals surface area contributed by atoms with Crippen LogP contribution in [0, 0.1) is 0 Å². The molecule has 1 N–H and O–H groups in total. The Hall–Kier alpha value is -1.80. The lowest BCUT2D eigenvalue weighted by Crippen LogP contribution is -2.08. The number of aromatic carboxylic acids is 1. The van der Waals surface area contributed by atoms with Crippen LogP contribution in [0.3, 0.4) is 0 Å². The summed E-state index contributed by atoms with van der Waals surface area (Å²) in [6.45, 7) is 0. The van der Waals surface area contributed by atoms with Gasteiger partial charge in [-0.2, -0.15) is 13.2 Å². The van der Waals surface area contributed by atoms with Crippen molar-refractivity contribution in [1.82, 2.24) is 10.2 Å². The number of halogens is 4. The molecule has 0 aliphatic carbocycles. The van der Waals surface area contributed by atoms with E-state index in [2.05, 4.69) is 10.2 Å². The first-order valence-corrected chi connectivity index (χ1v) is 6.58. The van der Waals surface area contributed by atoms with E-state index in [0.29, 0.717) is 4.90 Å². The molecule has 0 fully saturated rings. The predicted octanol–water partition coefficient (Wildman–Crippen LogP) is 4.00. The highest BCUT2D eigenvalue weighted by Gasteiger charge is 2.32. The molecule has 21 heavy (non-hydrogen) atoms. The van der Waals surface area contributed by atoms with E-state index < -0.39 is 17.8 Å². The Morgan fingerprint density at radius 1 is 1.19 bits per heavy atom. The molecule has 1 aromatic heterocycles. The first-order valence-electron chi connectivity index (χ1n) is 5.39. The Morgan fingerprint density at radius 2 is 1.90 bits per heavy atom. The Bertz CT molecular complexity index is 677. The summed E-state index contributed by atoms with van der Waals surface area (Å²) in [6.07, 6.45) is -4.55. The summed E-state index contributed by atoms with van der Waals surface area (Å²) in [4.78, 5) is 11.4. The van der Waals surface area contributed by atoms with Crippen molar-refractivity contribution in [3.8, 4) is 0 Å². The number of carbonyl (C=O) groups is 1. The monoisotopic (exact) mass is 334 g/mol. The number of rotatable bonds is 3. The summed E-state index contributed by atoms with van der Waals surface area (Å²) in [5.41, 5.74) is -1.18. The molecule has 0 radical (unpaired) electrons. The van der Waals surface area contributed by atoms with Gasteiger partial charge in [-0.3, -0.25) is 0 Å². The molecule has 1 aromatic carbocycles. The largest absolute Gasteiger partial charge is 0.478 e. The minimum Gasteiger partial charge on any atom is -0.478 e. The molecule has 0 amide bonds. The zero-order valence-corrected chi connectivity index (χ0v) is 11.6. The molecule has 0 aliphatic rings. The van der Waals surface area contributed by atoms with E-state index in [-0.39, 0.29) is 15.6 Å². The third-order valence-electron chi connectivity index (χ3n) is 2.32. The lowest BCUT2D eigenvalue weighted by Gasteiger charge is -2.06. The summed E-state index contributed by atoms with van der Waals surface area (Å²) in [6, 6.07) is 6.22. The maximum atomic E-state index is 12.3. The number of hydrogen-bond donors (Lipinski definition) is 1. The van der Waals surface area contributed by atoms with Crippen LogP contribution in [-0.4, -0.2) is 21.3 Å². The highest BCUT2D eigenvalue weighted by molar-refractivity contribution is 7.99. The van der Waals surface area contributed by atoms with Gasteiger partial charge in [-0.1, -0.05) is 23.4 Å². The first kappa shape index (κ1) is 15.6. The summed E-state index contributed by atoms with van der Waals surface area (Å²) in [5, 5.41) is 15.8. The zero-order valence-electron chi connectivity index (χ0n) is 10.1. The molecule has 0 aliphatic heterocycles. The molecule has 9 heteroatoms. The average molecular weight is 335 g/mol. The predicted molar refractivity (Wildman–Crippen MR) is 69.6 cm³/mol. The van der Waals surface area contributed by atoms with Crippen molar-refractivity contribution < 1.29 is 23.1 Å². The molecule has 110 valence electrons.